The second-order valence-corrected chi connectivity index (χ2v) is 7.90. The maximum atomic E-state index is 6.38. The van der Waals surface area contributed by atoms with Gasteiger partial charge in [-0.2, -0.15) is 0 Å². The Bertz CT molecular complexity index is 318. The lowest BCUT2D eigenvalue weighted by Gasteiger charge is -2.51. The van der Waals surface area contributed by atoms with Gasteiger partial charge in [-0.15, -0.1) is 0 Å². The Kier molecular flexibility index (Phi) is 6.10. The highest BCUT2D eigenvalue weighted by Gasteiger charge is 2.43. The van der Waals surface area contributed by atoms with Crippen LogP contribution >= 0.6 is 0 Å². The Morgan fingerprint density at radius 3 is 2.62 bits per heavy atom. The molecule has 124 valence electrons. The second-order valence-electron chi connectivity index (χ2n) is 7.90. The van der Waals surface area contributed by atoms with Crippen molar-refractivity contribution in [2.24, 2.45) is 17.6 Å². The molecule has 2 N–H and O–H groups in total. The molecule has 2 fully saturated rings. The standard InChI is InChI=1S/C18H37N3/c1-5-17-13-20(4)10-7-11-21(17)18(14-19)9-6-8-16(12-18)15(2)3/h15-17H,5-14,19H2,1-4H3. The summed E-state index contributed by atoms with van der Waals surface area (Å²) >= 11 is 0. The van der Waals surface area contributed by atoms with Crippen molar-refractivity contribution in [2.75, 3.05) is 33.2 Å². The minimum atomic E-state index is 0.277. The molecule has 0 bridgehead atoms. The molecule has 0 spiro atoms. The second kappa shape index (κ2) is 7.43. The highest BCUT2D eigenvalue weighted by atomic mass is 15.3. The van der Waals surface area contributed by atoms with Crippen LogP contribution in [0.3, 0.4) is 0 Å². The Hall–Kier alpha value is -0.120. The summed E-state index contributed by atoms with van der Waals surface area (Å²) in [7, 11) is 2.28. The van der Waals surface area contributed by atoms with Crippen molar-refractivity contribution < 1.29 is 0 Å². The quantitative estimate of drug-likeness (QED) is 0.865. The van der Waals surface area contributed by atoms with E-state index in [0.29, 0.717) is 6.04 Å². The Labute approximate surface area is 132 Å². The van der Waals surface area contributed by atoms with Crippen LogP contribution in [0, 0.1) is 11.8 Å². The van der Waals surface area contributed by atoms with Gasteiger partial charge in [-0.05, 0) is 51.1 Å². The maximum Gasteiger partial charge on any atom is 0.0337 e. The van der Waals surface area contributed by atoms with E-state index < -0.39 is 0 Å². The van der Waals surface area contributed by atoms with Crippen LogP contribution in [0.5, 0.6) is 0 Å². The number of rotatable bonds is 4. The van der Waals surface area contributed by atoms with E-state index in [-0.39, 0.29) is 5.54 Å². The third kappa shape index (κ3) is 3.80. The van der Waals surface area contributed by atoms with Crippen LogP contribution in [0.4, 0.5) is 0 Å². The Balaban J connectivity index is 2.20. The van der Waals surface area contributed by atoms with E-state index in [0.717, 1.165) is 18.4 Å². The molecule has 3 atom stereocenters. The zero-order chi connectivity index (χ0) is 15.5. The normalized spacial score (nSPS) is 36.9. The topological polar surface area (TPSA) is 32.5 Å². The van der Waals surface area contributed by atoms with Gasteiger partial charge in [-0.25, -0.2) is 0 Å². The molecule has 1 aliphatic carbocycles. The van der Waals surface area contributed by atoms with Gasteiger partial charge in [0.05, 0.1) is 0 Å². The van der Waals surface area contributed by atoms with Crippen LogP contribution in [0.15, 0.2) is 0 Å². The van der Waals surface area contributed by atoms with Gasteiger partial charge < -0.3 is 10.6 Å². The first-order valence-electron chi connectivity index (χ1n) is 9.17. The molecule has 1 aliphatic heterocycles. The smallest absolute Gasteiger partial charge is 0.0337 e. The number of hydrogen-bond acceptors (Lipinski definition) is 3. The van der Waals surface area contributed by atoms with E-state index in [1.165, 1.54) is 58.2 Å². The summed E-state index contributed by atoms with van der Waals surface area (Å²) in [5, 5.41) is 0. The molecule has 21 heavy (non-hydrogen) atoms. The van der Waals surface area contributed by atoms with Crippen LogP contribution in [0.1, 0.15) is 59.3 Å². The van der Waals surface area contributed by atoms with Crippen LogP contribution in [0.2, 0.25) is 0 Å². The number of nitrogens with two attached hydrogens (primary N) is 1. The van der Waals surface area contributed by atoms with Gasteiger partial charge in [0.1, 0.15) is 0 Å². The first-order chi connectivity index (χ1) is 10.0. The van der Waals surface area contributed by atoms with Crippen molar-refractivity contribution in [3.8, 4) is 0 Å². The molecule has 2 aliphatic rings. The van der Waals surface area contributed by atoms with E-state index in [1.807, 2.05) is 0 Å². The van der Waals surface area contributed by atoms with Gasteiger partial charge in [0, 0.05) is 31.2 Å². The van der Waals surface area contributed by atoms with Gasteiger partial charge >= 0.3 is 0 Å². The van der Waals surface area contributed by atoms with E-state index in [4.69, 9.17) is 5.73 Å². The fraction of sp³-hybridized carbons (Fsp3) is 1.00. The Morgan fingerprint density at radius 2 is 2.00 bits per heavy atom. The highest BCUT2D eigenvalue weighted by Crippen LogP contribution is 2.41. The zero-order valence-electron chi connectivity index (χ0n) is 14.8. The molecule has 0 aromatic rings. The molecule has 0 amide bonds. The van der Waals surface area contributed by atoms with E-state index >= 15 is 0 Å². The lowest BCUT2D eigenvalue weighted by atomic mass is 9.70. The molecule has 0 radical (unpaired) electrons. The number of likely N-dealkylation sites (N-methyl/N-ethyl adjacent to an activating group) is 1. The van der Waals surface area contributed by atoms with Crippen molar-refractivity contribution >= 4 is 0 Å². The molecule has 1 saturated carbocycles. The summed E-state index contributed by atoms with van der Waals surface area (Å²) in [6.07, 6.45) is 7.95. The predicted octanol–water partition coefficient (Wildman–Crippen LogP) is 2.95. The van der Waals surface area contributed by atoms with Crippen LogP contribution in [-0.2, 0) is 0 Å². The first kappa shape index (κ1) is 17.2. The van der Waals surface area contributed by atoms with Crippen LogP contribution in [0.25, 0.3) is 0 Å². The van der Waals surface area contributed by atoms with E-state index in [9.17, 15) is 0 Å². The molecule has 0 aromatic heterocycles. The summed E-state index contributed by atoms with van der Waals surface area (Å²) < 4.78 is 0. The minimum absolute atomic E-state index is 0.277. The van der Waals surface area contributed by atoms with Crippen molar-refractivity contribution in [1.82, 2.24) is 9.80 Å². The predicted molar refractivity (Wildman–Crippen MR) is 91.5 cm³/mol. The monoisotopic (exact) mass is 295 g/mol. The first-order valence-corrected chi connectivity index (χ1v) is 9.17. The van der Waals surface area contributed by atoms with Crippen molar-refractivity contribution in [3.63, 3.8) is 0 Å². The van der Waals surface area contributed by atoms with E-state index in [1.54, 1.807) is 0 Å². The highest BCUT2D eigenvalue weighted by molar-refractivity contribution is 5.00. The summed E-state index contributed by atoms with van der Waals surface area (Å²) in [6, 6.07) is 0.687. The summed E-state index contributed by atoms with van der Waals surface area (Å²) in [6.45, 7) is 11.7. The fourth-order valence-electron chi connectivity index (χ4n) is 4.74. The summed E-state index contributed by atoms with van der Waals surface area (Å²) in [4.78, 5) is 5.35. The molecule has 3 nitrogen and oxygen atoms in total. The number of hydrogen-bond donors (Lipinski definition) is 1. The zero-order valence-corrected chi connectivity index (χ0v) is 14.8. The summed E-state index contributed by atoms with van der Waals surface area (Å²) in [5.41, 5.74) is 6.66. The minimum Gasteiger partial charge on any atom is -0.329 e. The van der Waals surface area contributed by atoms with Crippen molar-refractivity contribution in [1.29, 1.82) is 0 Å². The molecule has 2 rings (SSSR count). The van der Waals surface area contributed by atoms with Crippen LogP contribution < -0.4 is 5.73 Å². The van der Waals surface area contributed by atoms with Gasteiger partial charge in [-0.1, -0.05) is 33.6 Å². The average molecular weight is 296 g/mol. The van der Waals surface area contributed by atoms with Crippen molar-refractivity contribution in [2.45, 2.75) is 70.9 Å². The fourth-order valence-corrected chi connectivity index (χ4v) is 4.74. The largest absolute Gasteiger partial charge is 0.329 e. The molecule has 3 heteroatoms. The molecular formula is C18H37N3. The van der Waals surface area contributed by atoms with Crippen molar-refractivity contribution in [3.05, 3.63) is 0 Å². The SMILES string of the molecule is CCC1CN(C)CCCN1C1(CN)CCCC(C(C)C)C1. The van der Waals surface area contributed by atoms with E-state index in [2.05, 4.69) is 37.6 Å². The Morgan fingerprint density at radius 1 is 1.24 bits per heavy atom. The van der Waals surface area contributed by atoms with Gasteiger partial charge in [0.2, 0.25) is 0 Å². The molecule has 0 aromatic carbocycles. The third-order valence-electron chi connectivity index (χ3n) is 6.16. The van der Waals surface area contributed by atoms with Gasteiger partial charge in [0.25, 0.3) is 0 Å². The molecular weight excluding hydrogens is 258 g/mol. The van der Waals surface area contributed by atoms with Gasteiger partial charge in [0.15, 0.2) is 0 Å². The average Bonchev–Trinajstić information content (AvgIpc) is 2.68. The number of nitrogens with zero attached hydrogens (tertiary/aromatic N) is 2. The molecule has 3 unspecified atom stereocenters. The van der Waals surface area contributed by atoms with Crippen LogP contribution in [-0.4, -0.2) is 54.6 Å². The third-order valence-corrected chi connectivity index (χ3v) is 6.16. The molecule has 1 heterocycles. The maximum absolute atomic E-state index is 6.38. The summed E-state index contributed by atoms with van der Waals surface area (Å²) in [5.74, 6) is 1.66. The lowest BCUT2D eigenvalue weighted by molar-refractivity contribution is -0.00521. The van der Waals surface area contributed by atoms with Gasteiger partial charge in [-0.3, -0.25) is 4.90 Å². The lowest BCUT2D eigenvalue weighted by Crippen LogP contribution is -2.61. The molecule has 1 saturated heterocycles.